The summed E-state index contributed by atoms with van der Waals surface area (Å²) in [5.74, 6) is 2.20. The number of ether oxygens (including phenoxy) is 3. The Morgan fingerprint density at radius 2 is 2.19 bits per heavy atom. The molecule has 0 saturated carbocycles. The zero-order valence-corrected chi connectivity index (χ0v) is 11.4. The average Bonchev–Trinajstić information content (AvgIpc) is 3.13. The van der Waals surface area contributed by atoms with Gasteiger partial charge in [-0.1, -0.05) is 0 Å². The van der Waals surface area contributed by atoms with Crippen LogP contribution in [0.5, 0.6) is 17.4 Å². The molecule has 0 unspecified atom stereocenters. The highest BCUT2D eigenvalue weighted by atomic mass is 16.7. The lowest BCUT2D eigenvalue weighted by atomic mass is 10.2. The molecule has 110 valence electrons. The molecular weight excluding hydrogens is 276 g/mol. The van der Waals surface area contributed by atoms with Crippen molar-refractivity contribution < 1.29 is 23.5 Å². The lowest BCUT2D eigenvalue weighted by Crippen LogP contribution is -2.12. The van der Waals surface area contributed by atoms with Gasteiger partial charge in [-0.2, -0.15) is 0 Å². The Balaban J connectivity index is 1.54. The Labute approximate surface area is 120 Å². The highest BCUT2D eigenvalue weighted by molar-refractivity contribution is 5.91. The van der Waals surface area contributed by atoms with Crippen LogP contribution in [-0.2, 0) is 11.2 Å². The summed E-state index contributed by atoms with van der Waals surface area (Å²) in [4.78, 5) is 11.9. The fourth-order valence-electron chi connectivity index (χ4n) is 1.94. The quantitative estimate of drug-likeness (QED) is 0.906. The molecule has 2 heterocycles. The van der Waals surface area contributed by atoms with Crippen LogP contribution in [0.4, 0.5) is 5.69 Å². The molecule has 0 fully saturated rings. The van der Waals surface area contributed by atoms with Gasteiger partial charge in [0.05, 0.1) is 7.11 Å². The topological polar surface area (TPSA) is 82.8 Å². The number of hydrogen-bond acceptors (Lipinski definition) is 6. The molecule has 0 aliphatic carbocycles. The van der Waals surface area contributed by atoms with Crippen molar-refractivity contribution in [2.75, 3.05) is 19.2 Å². The van der Waals surface area contributed by atoms with E-state index in [4.69, 9.17) is 18.7 Å². The number of benzene rings is 1. The second-order valence-electron chi connectivity index (χ2n) is 4.45. The van der Waals surface area contributed by atoms with Crippen LogP contribution in [0, 0.1) is 0 Å². The van der Waals surface area contributed by atoms with Gasteiger partial charge in [-0.15, -0.1) is 0 Å². The summed E-state index contributed by atoms with van der Waals surface area (Å²) in [6, 6.07) is 6.92. The van der Waals surface area contributed by atoms with E-state index < -0.39 is 0 Å². The molecule has 1 amide bonds. The fraction of sp³-hybridized carbons (Fsp3) is 0.286. The number of hydrogen-bond donors (Lipinski definition) is 1. The van der Waals surface area contributed by atoms with Crippen LogP contribution >= 0.6 is 0 Å². The molecule has 7 nitrogen and oxygen atoms in total. The van der Waals surface area contributed by atoms with E-state index in [2.05, 4.69) is 10.5 Å². The first kappa shape index (κ1) is 13.3. The molecule has 0 bridgehead atoms. The van der Waals surface area contributed by atoms with E-state index in [0.29, 0.717) is 35.2 Å². The van der Waals surface area contributed by atoms with Crippen molar-refractivity contribution in [1.82, 2.24) is 5.16 Å². The van der Waals surface area contributed by atoms with E-state index in [9.17, 15) is 4.79 Å². The number of methoxy groups -OCH3 is 1. The molecular formula is C14H14N2O5. The zero-order chi connectivity index (χ0) is 14.7. The SMILES string of the molecule is COc1cc(CCC(=O)Nc2ccc3c(c2)OCO3)on1. The largest absolute Gasteiger partial charge is 0.479 e. The van der Waals surface area contributed by atoms with Gasteiger partial charge in [-0.25, -0.2) is 0 Å². The lowest BCUT2D eigenvalue weighted by molar-refractivity contribution is -0.116. The Bertz CT molecular complexity index is 653. The second kappa shape index (κ2) is 5.74. The third-order valence-corrected chi connectivity index (χ3v) is 3.00. The van der Waals surface area contributed by atoms with Gasteiger partial charge in [-0.3, -0.25) is 4.79 Å². The molecule has 0 radical (unpaired) electrons. The van der Waals surface area contributed by atoms with Gasteiger partial charge in [-0.05, 0) is 17.3 Å². The molecule has 2 aromatic rings. The molecule has 0 spiro atoms. The lowest BCUT2D eigenvalue weighted by Gasteiger charge is -2.05. The normalized spacial score (nSPS) is 12.2. The maximum Gasteiger partial charge on any atom is 0.254 e. The number of nitrogens with zero attached hydrogens (tertiary/aromatic N) is 1. The van der Waals surface area contributed by atoms with E-state index >= 15 is 0 Å². The number of amides is 1. The summed E-state index contributed by atoms with van der Waals surface area (Å²) in [6.45, 7) is 0.208. The van der Waals surface area contributed by atoms with Crippen molar-refractivity contribution in [3.63, 3.8) is 0 Å². The summed E-state index contributed by atoms with van der Waals surface area (Å²) >= 11 is 0. The first-order valence-corrected chi connectivity index (χ1v) is 6.43. The first-order valence-electron chi connectivity index (χ1n) is 6.43. The summed E-state index contributed by atoms with van der Waals surface area (Å²) in [5.41, 5.74) is 0.666. The third-order valence-electron chi connectivity index (χ3n) is 3.00. The van der Waals surface area contributed by atoms with Crippen LogP contribution in [0.1, 0.15) is 12.2 Å². The van der Waals surface area contributed by atoms with Gasteiger partial charge >= 0.3 is 0 Å². The molecule has 1 aromatic carbocycles. The van der Waals surface area contributed by atoms with E-state index in [0.717, 1.165) is 0 Å². The van der Waals surface area contributed by atoms with Crippen LogP contribution in [0.3, 0.4) is 0 Å². The van der Waals surface area contributed by atoms with Crippen molar-refractivity contribution in [3.05, 3.63) is 30.0 Å². The van der Waals surface area contributed by atoms with Crippen LogP contribution < -0.4 is 19.5 Å². The van der Waals surface area contributed by atoms with E-state index in [1.54, 1.807) is 24.3 Å². The summed E-state index contributed by atoms with van der Waals surface area (Å²) in [7, 11) is 1.51. The predicted octanol–water partition coefficient (Wildman–Crippen LogP) is 1.98. The Morgan fingerprint density at radius 3 is 3.00 bits per heavy atom. The monoisotopic (exact) mass is 290 g/mol. The van der Waals surface area contributed by atoms with E-state index in [1.165, 1.54) is 7.11 Å². The smallest absolute Gasteiger partial charge is 0.254 e. The van der Waals surface area contributed by atoms with Crippen LogP contribution in [-0.4, -0.2) is 25.0 Å². The van der Waals surface area contributed by atoms with Crippen LogP contribution in [0.2, 0.25) is 0 Å². The van der Waals surface area contributed by atoms with Gasteiger partial charge in [0, 0.05) is 30.7 Å². The fourth-order valence-corrected chi connectivity index (χ4v) is 1.94. The van der Waals surface area contributed by atoms with Gasteiger partial charge in [0.2, 0.25) is 12.7 Å². The zero-order valence-electron chi connectivity index (χ0n) is 11.4. The highest BCUT2D eigenvalue weighted by Gasteiger charge is 2.14. The molecule has 21 heavy (non-hydrogen) atoms. The predicted molar refractivity (Wildman–Crippen MR) is 72.6 cm³/mol. The minimum absolute atomic E-state index is 0.121. The Kier molecular flexibility index (Phi) is 3.63. The number of aromatic nitrogens is 1. The van der Waals surface area contributed by atoms with Crippen molar-refractivity contribution in [2.45, 2.75) is 12.8 Å². The molecule has 0 saturated heterocycles. The van der Waals surface area contributed by atoms with Crippen molar-refractivity contribution in [2.24, 2.45) is 0 Å². The van der Waals surface area contributed by atoms with Gasteiger partial charge in [0.1, 0.15) is 5.76 Å². The number of anilines is 1. The number of nitrogens with one attached hydrogen (secondary N) is 1. The van der Waals surface area contributed by atoms with Gasteiger partial charge < -0.3 is 24.1 Å². The molecule has 7 heteroatoms. The number of aryl methyl sites for hydroxylation is 1. The molecule has 3 rings (SSSR count). The van der Waals surface area contributed by atoms with Crippen molar-refractivity contribution in [3.8, 4) is 17.4 Å². The third kappa shape index (κ3) is 3.07. The van der Waals surface area contributed by atoms with E-state index in [-0.39, 0.29) is 19.1 Å². The summed E-state index contributed by atoms with van der Waals surface area (Å²) in [5, 5.41) is 6.47. The molecule has 1 aromatic heterocycles. The highest BCUT2D eigenvalue weighted by Crippen LogP contribution is 2.34. The second-order valence-corrected chi connectivity index (χ2v) is 4.45. The van der Waals surface area contributed by atoms with Gasteiger partial charge in [0.15, 0.2) is 11.5 Å². The Hall–Kier alpha value is -2.70. The summed E-state index contributed by atoms with van der Waals surface area (Å²) < 4.78 is 20.4. The number of fused-ring (bicyclic) bond motifs is 1. The standard InChI is InChI=1S/C14H14N2O5/c1-18-14-7-10(21-16-14)3-5-13(17)15-9-2-4-11-12(6-9)20-8-19-11/h2,4,6-7H,3,5,8H2,1H3,(H,15,17). The number of carbonyl (C=O) groups is 1. The number of carbonyl (C=O) groups excluding carboxylic acids is 1. The van der Waals surface area contributed by atoms with Crippen molar-refractivity contribution in [1.29, 1.82) is 0 Å². The Morgan fingerprint density at radius 1 is 1.33 bits per heavy atom. The summed E-state index contributed by atoms with van der Waals surface area (Å²) in [6.07, 6.45) is 0.736. The minimum atomic E-state index is -0.121. The molecule has 1 aliphatic rings. The number of rotatable bonds is 5. The average molecular weight is 290 g/mol. The minimum Gasteiger partial charge on any atom is -0.479 e. The van der Waals surface area contributed by atoms with Gasteiger partial charge in [0.25, 0.3) is 5.88 Å². The maximum atomic E-state index is 11.9. The first-order chi connectivity index (χ1) is 10.2. The molecule has 1 N–H and O–H groups in total. The van der Waals surface area contributed by atoms with E-state index in [1.807, 2.05) is 0 Å². The maximum absolute atomic E-state index is 11.9. The molecule has 1 aliphatic heterocycles. The van der Waals surface area contributed by atoms with Crippen LogP contribution in [0.25, 0.3) is 0 Å². The van der Waals surface area contributed by atoms with Crippen LogP contribution in [0.15, 0.2) is 28.8 Å². The van der Waals surface area contributed by atoms with Crippen molar-refractivity contribution >= 4 is 11.6 Å². The molecule has 0 atom stereocenters.